The molecule has 1 aliphatic heterocycles. The van der Waals surface area contributed by atoms with Gasteiger partial charge in [0, 0.05) is 25.8 Å². The van der Waals surface area contributed by atoms with Gasteiger partial charge in [0.05, 0.1) is 0 Å². The minimum atomic E-state index is -0.254. The number of rotatable bonds is 5. The maximum Gasteiger partial charge on any atom is 0.265 e. The SMILES string of the molecule is N#C/C(=C/NCCc1ccc(F)cc1)C(=O)N1CCCCC1. The molecule has 1 aromatic rings. The Morgan fingerprint density at radius 3 is 2.59 bits per heavy atom. The summed E-state index contributed by atoms with van der Waals surface area (Å²) < 4.78 is 12.8. The Bertz CT molecular complexity index is 569. The zero-order valence-electron chi connectivity index (χ0n) is 12.5. The zero-order valence-corrected chi connectivity index (χ0v) is 12.5. The molecule has 1 aromatic carbocycles. The first kappa shape index (κ1) is 16.0. The summed E-state index contributed by atoms with van der Waals surface area (Å²) in [5.74, 6) is -0.452. The minimum absolute atomic E-state index is 0.140. The van der Waals surface area contributed by atoms with Crippen LogP contribution in [-0.2, 0) is 11.2 Å². The fraction of sp³-hybridized carbons (Fsp3) is 0.412. The van der Waals surface area contributed by atoms with Gasteiger partial charge in [0.1, 0.15) is 17.5 Å². The second-order valence-electron chi connectivity index (χ2n) is 5.35. The van der Waals surface area contributed by atoms with Crippen molar-refractivity contribution in [2.75, 3.05) is 19.6 Å². The monoisotopic (exact) mass is 301 g/mol. The van der Waals surface area contributed by atoms with E-state index in [1.165, 1.54) is 18.3 Å². The molecule has 1 N–H and O–H groups in total. The van der Waals surface area contributed by atoms with E-state index in [9.17, 15) is 9.18 Å². The summed E-state index contributed by atoms with van der Waals surface area (Å²) >= 11 is 0. The van der Waals surface area contributed by atoms with Crippen molar-refractivity contribution in [3.63, 3.8) is 0 Å². The van der Waals surface area contributed by atoms with Gasteiger partial charge in [-0.1, -0.05) is 12.1 Å². The van der Waals surface area contributed by atoms with E-state index in [0.717, 1.165) is 37.9 Å². The average molecular weight is 301 g/mol. The number of carbonyl (C=O) groups excluding carboxylic acids is 1. The molecule has 0 bridgehead atoms. The highest BCUT2D eigenvalue weighted by molar-refractivity contribution is 5.97. The van der Waals surface area contributed by atoms with E-state index in [4.69, 9.17) is 5.26 Å². The molecule has 5 heteroatoms. The van der Waals surface area contributed by atoms with Crippen molar-refractivity contribution < 1.29 is 9.18 Å². The second kappa shape index (κ2) is 8.18. The fourth-order valence-corrected chi connectivity index (χ4v) is 2.45. The second-order valence-corrected chi connectivity index (χ2v) is 5.35. The molecule has 1 fully saturated rings. The van der Waals surface area contributed by atoms with Crippen LogP contribution in [0.1, 0.15) is 24.8 Å². The van der Waals surface area contributed by atoms with E-state index in [2.05, 4.69) is 5.32 Å². The number of piperidine rings is 1. The quantitative estimate of drug-likeness (QED) is 0.516. The molecule has 116 valence electrons. The van der Waals surface area contributed by atoms with Crippen LogP contribution in [0.25, 0.3) is 0 Å². The first-order valence-electron chi connectivity index (χ1n) is 7.58. The van der Waals surface area contributed by atoms with E-state index < -0.39 is 0 Å². The Morgan fingerprint density at radius 1 is 1.27 bits per heavy atom. The van der Waals surface area contributed by atoms with Gasteiger partial charge in [-0.15, -0.1) is 0 Å². The van der Waals surface area contributed by atoms with E-state index in [1.807, 2.05) is 6.07 Å². The standard InChI is InChI=1S/C17H20FN3O/c18-16-6-4-14(5-7-16)8-9-20-13-15(12-19)17(22)21-10-2-1-3-11-21/h4-7,13,20H,1-3,8-11H2/b15-13-. The predicted molar refractivity (Wildman–Crippen MR) is 82.2 cm³/mol. The zero-order chi connectivity index (χ0) is 15.8. The average Bonchev–Trinajstić information content (AvgIpc) is 2.57. The van der Waals surface area contributed by atoms with Gasteiger partial charge in [-0.25, -0.2) is 4.39 Å². The molecule has 0 unspecified atom stereocenters. The summed E-state index contributed by atoms with van der Waals surface area (Å²) in [6.45, 7) is 2.05. The van der Waals surface area contributed by atoms with E-state index in [0.29, 0.717) is 13.0 Å². The molecule has 2 rings (SSSR count). The molecule has 0 spiro atoms. The molecule has 0 radical (unpaired) electrons. The molecule has 1 heterocycles. The smallest absolute Gasteiger partial charge is 0.265 e. The van der Waals surface area contributed by atoms with Crippen LogP contribution in [0.2, 0.25) is 0 Å². The molecule has 1 saturated heterocycles. The number of nitriles is 1. The highest BCUT2D eigenvalue weighted by Gasteiger charge is 2.19. The number of nitrogens with one attached hydrogen (secondary N) is 1. The van der Waals surface area contributed by atoms with Crippen LogP contribution < -0.4 is 5.32 Å². The molecule has 0 aromatic heterocycles. The van der Waals surface area contributed by atoms with Gasteiger partial charge < -0.3 is 10.2 Å². The Balaban J connectivity index is 1.83. The third-order valence-corrected chi connectivity index (χ3v) is 3.71. The molecule has 0 aliphatic carbocycles. The maximum atomic E-state index is 12.8. The molecular formula is C17H20FN3O. The molecule has 1 amide bonds. The van der Waals surface area contributed by atoms with Gasteiger partial charge in [0.2, 0.25) is 0 Å². The number of nitrogens with zero attached hydrogens (tertiary/aromatic N) is 2. The van der Waals surface area contributed by atoms with Gasteiger partial charge >= 0.3 is 0 Å². The summed E-state index contributed by atoms with van der Waals surface area (Å²) in [4.78, 5) is 13.9. The Labute approximate surface area is 130 Å². The minimum Gasteiger partial charge on any atom is -0.389 e. The van der Waals surface area contributed by atoms with Crippen LogP contribution in [0.15, 0.2) is 36.0 Å². The number of benzene rings is 1. The van der Waals surface area contributed by atoms with Crippen LogP contribution in [0.3, 0.4) is 0 Å². The first-order chi connectivity index (χ1) is 10.7. The molecule has 0 atom stereocenters. The van der Waals surface area contributed by atoms with Crippen molar-refractivity contribution in [2.45, 2.75) is 25.7 Å². The molecule has 0 saturated carbocycles. The summed E-state index contributed by atoms with van der Waals surface area (Å²) in [6, 6.07) is 8.26. The van der Waals surface area contributed by atoms with Crippen molar-refractivity contribution in [3.8, 4) is 6.07 Å². The van der Waals surface area contributed by atoms with Crippen LogP contribution in [0, 0.1) is 17.1 Å². The lowest BCUT2D eigenvalue weighted by Crippen LogP contribution is -2.36. The number of carbonyl (C=O) groups is 1. The topological polar surface area (TPSA) is 56.1 Å². The number of likely N-dealkylation sites (tertiary alicyclic amines) is 1. The van der Waals surface area contributed by atoms with E-state index in [1.54, 1.807) is 17.0 Å². The highest BCUT2D eigenvalue weighted by atomic mass is 19.1. The maximum absolute atomic E-state index is 12.8. The summed E-state index contributed by atoms with van der Waals surface area (Å²) in [6.07, 6.45) is 5.34. The number of hydrogen-bond donors (Lipinski definition) is 1. The largest absolute Gasteiger partial charge is 0.389 e. The summed E-state index contributed by atoms with van der Waals surface area (Å²) in [5, 5.41) is 12.1. The van der Waals surface area contributed by atoms with Gasteiger partial charge in [-0.2, -0.15) is 5.26 Å². The van der Waals surface area contributed by atoms with Crippen molar-refractivity contribution >= 4 is 5.91 Å². The molecule has 22 heavy (non-hydrogen) atoms. The van der Waals surface area contributed by atoms with Crippen molar-refractivity contribution in [2.24, 2.45) is 0 Å². The normalized spacial score (nSPS) is 15.3. The molecule has 1 aliphatic rings. The summed E-state index contributed by atoms with van der Waals surface area (Å²) in [7, 11) is 0. The van der Waals surface area contributed by atoms with Crippen LogP contribution in [0.4, 0.5) is 4.39 Å². The number of hydrogen-bond acceptors (Lipinski definition) is 3. The molecule has 4 nitrogen and oxygen atoms in total. The molecular weight excluding hydrogens is 281 g/mol. The highest BCUT2D eigenvalue weighted by Crippen LogP contribution is 2.11. The summed E-state index contributed by atoms with van der Waals surface area (Å²) in [5.41, 5.74) is 1.14. The third kappa shape index (κ3) is 4.59. The lowest BCUT2D eigenvalue weighted by atomic mass is 10.1. The van der Waals surface area contributed by atoms with Gasteiger partial charge in [-0.3, -0.25) is 4.79 Å². The lowest BCUT2D eigenvalue weighted by molar-refractivity contribution is -0.127. The van der Waals surface area contributed by atoms with Crippen LogP contribution in [-0.4, -0.2) is 30.4 Å². The third-order valence-electron chi connectivity index (χ3n) is 3.71. The predicted octanol–water partition coefficient (Wildman–Crippen LogP) is 2.38. The van der Waals surface area contributed by atoms with Gasteiger partial charge in [0.15, 0.2) is 0 Å². The Kier molecular flexibility index (Phi) is 5.96. The Morgan fingerprint density at radius 2 is 1.95 bits per heavy atom. The van der Waals surface area contributed by atoms with Crippen LogP contribution >= 0.6 is 0 Å². The van der Waals surface area contributed by atoms with E-state index in [-0.39, 0.29) is 17.3 Å². The Hall–Kier alpha value is -2.35. The van der Waals surface area contributed by atoms with Gasteiger partial charge in [-0.05, 0) is 43.4 Å². The van der Waals surface area contributed by atoms with Crippen LogP contribution in [0.5, 0.6) is 0 Å². The van der Waals surface area contributed by atoms with Crippen molar-refractivity contribution in [1.29, 1.82) is 5.26 Å². The number of halogens is 1. The van der Waals surface area contributed by atoms with Crippen molar-refractivity contribution in [1.82, 2.24) is 10.2 Å². The fourth-order valence-electron chi connectivity index (χ4n) is 2.45. The van der Waals surface area contributed by atoms with Gasteiger partial charge in [0.25, 0.3) is 5.91 Å². The van der Waals surface area contributed by atoms with E-state index >= 15 is 0 Å². The van der Waals surface area contributed by atoms with Crippen molar-refractivity contribution in [3.05, 3.63) is 47.4 Å². The first-order valence-corrected chi connectivity index (χ1v) is 7.58. The lowest BCUT2D eigenvalue weighted by Gasteiger charge is -2.26. The number of amides is 1.